The van der Waals surface area contributed by atoms with Gasteiger partial charge in [-0.05, 0) is 17.4 Å². The third-order valence-electron chi connectivity index (χ3n) is 6.86. The van der Waals surface area contributed by atoms with E-state index in [-0.39, 0.29) is 24.7 Å². The Morgan fingerprint density at radius 1 is 0.895 bits per heavy atom. The van der Waals surface area contributed by atoms with Gasteiger partial charge in [-0.3, -0.25) is 14.4 Å². The normalized spacial score (nSPS) is 15.8. The summed E-state index contributed by atoms with van der Waals surface area (Å²) in [6.07, 6.45) is 4.44. The van der Waals surface area contributed by atoms with E-state index in [0.717, 1.165) is 5.56 Å². The number of rotatable bonds is 15. The van der Waals surface area contributed by atoms with E-state index >= 15 is 0 Å². The summed E-state index contributed by atoms with van der Waals surface area (Å²) in [5.74, 6) is -3.26. The van der Waals surface area contributed by atoms with E-state index in [1.807, 2.05) is 26.8 Å². The average molecular weight is 529 g/mol. The monoisotopic (exact) mass is 528 g/mol. The smallest absolute Gasteiger partial charge is 0.326 e. The van der Waals surface area contributed by atoms with E-state index in [1.54, 1.807) is 37.4 Å². The summed E-state index contributed by atoms with van der Waals surface area (Å²) in [5, 5.41) is 17.8. The van der Waals surface area contributed by atoms with Gasteiger partial charge in [-0.25, -0.2) is 9.78 Å². The van der Waals surface area contributed by atoms with Crippen molar-refractivity contribution in [3.63, 3.8) is 0 Å². The summed E-state index contributed by atoms with van der Waals surface area (Å²) in [5.41, 5.74) is 7.44. The van der Waals surface area contributed by atoms with Crippen molar-refractivity contribution in [2.24, 2.45) is 17.6 Å². The van der Waals surface area contributed by atoms with E-state index in [2.05, 4.69) is 25.9 Å². The molecule has 1 aromatic carbocycles. The number of aromatic nitrogens is 2. The first kappa shape index (κ1) is 30.5. The summed E-state index contributed by atoms with van der Waals surface area (Å²) in [6.45, 7) is 7.43. The quantitative estimate of drug-likeness (QED) is 0.201. The molecule has 6 unspecified atom stereocenters. The van der Waals surface area contributed by atoms with Crippen molar-refractivity contribution in [2.75, 3.05) is 0 Å². The average Bonchev–Trinajstić information content (AvgIpc) is 3.43. The number of imidazole rings is 1. The third-order valence-corrected chi connectivity index (χ3v) is 6.86. The molecule has 0 aliphatic heterocycles. The Kier molecular flexibility index (Phi) is 11.9. The molecule has 1 heterocycles. The first-order valence-corrected chi connectivity index (χ1v) is 13.0. The Morgan fingerprint density at radius 2 is 1.53 bits per heavy atom. The van der Waals surface area contributed by atoms with Crippen molar-refractivity contribution in [1.29, 1.82) is 0 Å². The van der Waals surface area contributed by atoms with Gasteiger partial charge in [-0.2, -0.15) is 0 Å². The van der Waals surface area contributed by atoms with E-state index in [1.165, 1.54) is 6.33 Å². The standard InChI is InChI=1S/C27H40N6O5/c1-5-16(3)22(28)25(35)31-20(13-19-14-29-15-30-19)24(34)33-23(17(4)6-2)26(36)32-21(27(37)38)12-18-10-8-7-9-11-18/h7-11,14-17,20-23H,5-6,12-13,28H2,1-4H3,(H,29,30)(H,31,35)(H,32,36)(H,33,34)(H,37,38). The molecule has 0 fully saturated rings. The topological polar surface area (TPSA) is 179 Å². The number of nitrogens with zero attached hydrogens (tertiary/aromatic N) is 1. The Bertz CT molecular complexity index is 1050. The molecular formula is C27H40N6O5. The Morgan fingerprint density at radius 3 is 2.08 bits per heavy atom. The molecule has 11 heteroatoms. The molecule has 0 bridgehead atoms. The van der Waals surface area contributed by atoms with Gasteiger partial charge in [0.15, 0.2) is 0 Å². The fourth-order valence-corrected chi connectivity index (χ4v) is 3.87. The van der Waals surface area contributed by atoms with Crippen LogP contribution >= 0.6 is 0 Å². The molecule has 0 aliphatic rings. The van der Waals surface area contributed by atoms with Crippen LogP contribution in [0.1, 0.15) is 51.8 Å². The lowest BCUT2D eigenvalue weighted by atomic mass is 9.96. The zero-order valence-corrected chi connectivity index (χ0v) is 22.4. The zero-order valence-electron chi connectivity index (χ0n) is 22.4. The largest absolute Gasteiger partial charge is 0.480 e. The second kappa shape index (κ2) is 14.9. The predicted molar refractivity (Wildman–Crippen MR) is 143 cm³/mol. The maximum Gasteiger partial charge on any atom is 0.326 e. The second-order valence-corrected chi connectivity index (χ2v) is 9.71. The second-order valence-electron chi connectivity index (χ2n) is 9.71. The lowest BCUT2D eigenvalue weighted by Gasteiger charge is -2.28. The molecule has 3 amide bonds. The number of nitrogens with one attached hydrogen (secondary N) is 4. The highest BCUT2D eigenvalue weighted by Crippen LogP contribution is 2.12. The van der Waals surface area contributed by atoms with Crippen molar-refractivity contribution in [3.8, 4) is 0 Å². The number of hydrogen-bond acceptors (Lipinski definition) is 6. The summed E-state index contributed by atoms with van der Waals surface area (Å²) in [4.78, 5) is 58.3. The van der Waals surface area contributed by atoms with E-state index in [0.29, 0.717) is 18.5 Å². The van der Waals surface area contributed by atoms with Crippen LogP contribution in [0.15, 0.2) is 42.9 Å². The van der Waals surface area contributed by atoms with Crippen LogP contribution in [0.25, 0.3) is 0 Å². The maximum absolute atomic E-state index is 13.4. The first-order valence-electron chi connectivity index (χ1n) is 13.0. The molecule has 208 valence electrons. The van der Waals surface area contributed by atoms with E-state index in [4.69, 9.17) is 5.73 Å². The Hall–Kier alpha value is -3.73. The molecule has 0 aliphatic carbocycles. The van der Waals surface area contributed by atoms with Crippen LogP contribution in [-0.2, 0) is 32.0 Å². The molecule has 11 nitrogen and oxygen atoms in total. The van der Waals surface area contributed by atoms with Crippen LogP contribution < -0.4 is 21.7 Å². The van der Waals surface area contributed by atoms with Crippen LogP contribution in [0, 0.1) is 11.8 Å². The Labute approximate surface area is 223 Å². The molecule has 0 saturated heterocycles. The van der Waals surface area contributed by atoms with Crippen molar-refractivity contribution in [1.82, 2.24) is 25.9 Å². The fourth-order valence-electron chi connectivity index (χ4n) is 3.87. The summed E-state index contributed by atoms with van der Waals surface area (Å²) in [7, 11) is 0. The van der Waals surface area contributed by atoms with Gasteiger partial charge in [0, 0.05) is 24.7 Å². The van der Waals surface area contributed by atoms with Crippen molar-refractivity contribution in [3.05, 3.63) is 54.1 Å². The first-order chi connectivity index (χ1) is 18.1. The maximum atomic E-state index is 13.4. The number of hydrogen-bond donors (Lipinski definition) is 6. The number of aliphatic carboxylic acids is 1. The molecule has 2 rings (SSSR count). The zero-order chi connectivity index (χ0) is 28.2. The van der Waals surface area contributed by atoms with Gasteiger partial charge in [-0.1, -0.05) is 70.9 Å². The van der Waals surface area contributed by atoms with Crippen LogP contribution in [0.5, 0.6) is 0 Å². The number of carboxylic acids is 1. The summed E-state index contributed by atoms with van der Waals surface area (Å²) in [6, 6.07) is 4.93. The molecule has 0 saturated carbocycles. The van der Waals surface area contributed by atoms with Gasteiger partial charge in [-0.15, -0.1) is 0 Å². The third kappa shape index (κ3) is 8.98. The van der Waals surface area contributed by atoms with Crippen molar-refractivity contribution in [2.45, 2.75) is 77.5 Å². The van der Waals surface area contributed by atoms with Crippen LogP contribution in [-0.4, -0.2) is 62.9 Å². The van der Waals surface area contributed by atoms with Gasteiger partial charge in [0.1, 0.15) is 18.1 Å². The molecule has 2 aromatic rings. The molecule has 38 heavy (non-hydrogen) atoms. The molecule has 0 spiro atoms. The van der Waals surface area contributed by atoms with Crippen molar-refractivity contribution >= 4 is 23.7 Å². The highest BCUT2D eigenvalue weighted by molar-refractivity contribution is 5.94. The van der Waals surface area contributed by atoms with Gasteiger partial charge >= 0.3 is 5.97 Å². The summed E-state index contributed by atoms with van der Waals surface area (Å²) >= 11 is 0. The van der Waals surface area contributed by atoms with Crippen molar-refractivity contribution < 1.29 is 24.3 Å². The summed E-state index contributed by atoms with van der Waals surface area (Å²) < 4.78 is 0. The number of benzene rings is 1. The van der Waals surface area contributed by atoms with Crippen LogP contribution in [0.2, 0.25) is 0 Å². The number of aromatic amines is 1. The highest BCUT2D eigenvalue weighted by atomic mass is 16.4. The lowest BCUT2D eigenvalue weighted by Crippen LogP contribution is -2.59. The number of H-pyrrole nitrogens is 1. The predicted octanol–water partition coefficient (Wildman–Crippen LogP) is 1.15. The highest BCUT2D eigenvalue weighted by Gasteiger charge is 2.33. The van der Waals surface area contributed by atoms with Gasteiger partial charge < -0.3 is 31.8 Å². The lowest BCUT2D eigenvalue weighted by molar-refractivity contribution is -0.142. The Balaban J connectivity index is 2.21. The van der Waals surface area contributed by atoms with Crippen LogP contribution in [0.4, 0.5) is 0 Å². The minimum atomic E-state index is -1.18. The molecule has 6 atom stereocenters. The molecule has 7 N–H and O–H groups in total. The van der Waals surface area contributed by atoms with E-state index < -0.39 is 47.9 Å². The molecular weight excluding hydrogens is 488 g/mol. The molecule has 0 radical (unpaired) electrons. The minimum absolute atomic E-state index is 0.0924. The van der Waals surface area contributed by atoms with Gasteiger partial charge in [0.05, 0.1) is 12.4 Å². The van der Waals surface area contributed by atoms with Gasteiger partial charge in [0.2, 0.25) is 17.7 Å². The van der Waals surface area contributed by atoms with Gasteiger partial charge in [0.25, 0.3) is 0 Å². The van der Waals surface area contributed by atoms with Crippen LogP contribution in [0.3, 0.4) is 0 Å². The fraction of sp³-hybridized carbons (Fsp3) is 0.519. The number of carboxylic acid groups (broad SMARTS) is 1. The number of amides is 3. The number of carbonyl (C=O) groups is 4. The SMILES string of the molecule is CCC(C)C(N)C(=O)NC(Cc1cnc[nH]1)C(=O)NC(C(=O)NC(Cc1ccccc1)C(=O)O)C(C)CC. The number of carbonyl (C=O) groups excluding carboxylic acids is 3. The minimum Gasteiger partial charge on any atom is -0.480 e. The number of nitrogens with two attached hydrogens (primary N) is 1. The molecule has 1 aromatic heterocycles. The van der Waals surface area contributed by atoms with E-state index in [9.17, 15) is 24.3 Å².